The summed E-state index contributed by atoms with van der Waals surface area (Å²) in [7, 11) is 0. The van der Waals surface area contributed by atoms with Gasteiger partial charge in [0, 0.05) is 12.6 Å². The summed E-state index contributed by atoms with van der Waals surface area (Å²) in [5.74, 6) is 0.830. The second-order valence-electron chi connectivity index (χ2n) is 4.24. The van der Waals surface area contributed by atoms with E-state index in [1.54, 1.807) is 6.07 Å². The summed E-state index contributed by atoms with van der Waals surface area (Å²) >= 11 is 0. The summed E-state index contributed by atoms with van der Waals surface area (Å²) in [6.45, 7) is 0.882. The van der Waals surface area contributed by atoms with Crippen LogP contribution in [0.1, 0.15) is 24.8 Å². The van der Waals surface area contributed by atoms with Crippen LogP contribution in [0.15, 0.2) is 18.2 Å². The van der Waals surface area contributed by atoms with Gasteiger partial charge in [0.05, 0.1) is 6.61 Å². The molecule has 1 fully saturated rings. The van der Waals surface area contributed by atoms with Gasteiger partial charge in [0.25, 0.3) is 0 Å². The highest BCUT2D eigenvalue weighted by atomic mass is 19.1. The molecule has 16 heavy (non-hydrogen) atoms. The molecule has 0 atom stereocenters. The van der Waals surface area contributed by atoms with Crippen molar-refractivity contribution in [3.63, 3.8) is 0 Å². The molecule has 0 unspecified atom stereocenters. The Labute approximate surface area is 94.2 Å². The van der Waals surface area contributed by atoms with Gasteiger partial charge in [-0.1, -0.05) is 6.42 Å². The van der Waals surface area contributed by atoms with Crippen LogP contribution in [0.25, 0.3) is 0 Å². The molecule has 0 radical (unpaired) electrons. The van der Waals surface area contributed by atoms with Gasteiger partial charge in [-0.15, -0.1) is 0 Å². The molecule has 0 aliphatic heterocycles. The van der Waals surface area contributed by atoms with Crippen molar-refractivity contribution < 1.29 is 14.3 Å². The molecule has 0 heterocycles. The molecule has 0 saturated heterocycles. The third-order valence-corrected chi connectivity index (χ3v) is 2.92. The summed E-state index contributed by atoms with van der Waals surface area (Å²) in [4.78, 5) is 0. The van der Waals surface area contributed by atoms with E-state index in [0.717, 1.165) is 0 Å². The van der Waals surface area contributed by atoms with E-state index in [9.17, 15) is 4.39 Å². The maximum atomic E-state index is 13.2. The Kier molecular flexibility index (Phi) is 3.74. The minimum atomic E-state index is -0.337. The van der Waals surface area contributed by atoms with Crippen molar-refractivity contribution in [2.45, 2.75) is 25.8 Å². The molecule has 1 aromatic rings. The topological polar surface area (TPSA) is 41.5 Å². The lowest BCUT2D eigenvalue weighted by Crippen LogP contribution is -2.19. The van der Waals surface area contributed by atoms with Crippen LogP contribution in [0.3, 0.4) is 0 Å². The van der Waals surface area contributed by atoms with E-state index in [1.165, 1.54) is 31.4 Å². The molecule has 0 spiro atoms. The normalized spacial score (nSPS) is 15.9. The van der Waals surface area contributed by atoms with Crippen LogP contribution in [0.5, 0.6) is 5.75 Å². The number of ether oxygens (including phenoxy) is 1. The molecule has 2 N–H and O–H groups in total. The fourth-order valence-corrected chi connectivity index (χ4v) is 1.77. The first-order chi connectivity index (χ1) is 7.78. The Morgan fingerprint density at radius 1 is 1.38 bits per heavy atom. The highest BCUT2D eigenvalue weighted by Gasteiger charge is 2.18. The summed E-state index contributed by atoms with van der Waals surface area (Å²) in [5, 5.41) is 8.55. The molecule has 3 nitrogen and oxygen atoms in total. The van der Waals surface area contributed by atoms with E-state index in [1.807, 2.05) is 5.48 Å². The van der Waals surface area contributed by atoms with Crippen molar-refractivity contribution in [1.82, 2.24) is 5.48 Å². The van der Waals surface area contributed by atoms with Crippen LogP contribution in [0, 0.1) is 11.7 Å². The van der Waals surface area contributed by atoms with E-state index < -0.39 is 0 Å². The Morgan fingerprint density at radius 2 is 2.19 bits per heavy atom. The molecule has 88 valence electrons. The number of hydrogen-bond donors (Lipinski definition) is 2. The summed E-state index contributed by atoms with van der Waals surface area (Å²) in [6, 6.07) is 4.49. The van der Waals surface area contributed by atoms with Gasteiger partial charge in [0.15, 0.2) is 0 Å². The van der Waals surface area contributed by atoms with Gasteiger partial charge in [-0.05, 0) is 36.5 Å². The molecular weight excluding hydrogens is 209 g/mol. The standard InChI is InChI=1S/C12H16FNO2/c13-11-4-10(7-14-15)5-12(6-11)16-8-9-2-1-3-9/h4-6,9,14-15H,1-3,7-8H2. The summed E-state index contributed by atoms with van der Waals surface area (Å²) < 4.78 is 18.7. The number of rotatable bonds is 5. The second-order valence-corrected chi connectivity index (χ2v) is 4.24. The van der Waals surface area contributed by atoms with Gasteiger partial charge < -0.3 is 9.94 Å². The van der Waals surface area contributed by atoms with E-state index in [2.05, 4.69) is 0 Å². The minimum absolute atomic E-state index is 0.220. The fourth-order valence-electron chi connectivity index (χ4n) is 1.77. The van der Waals surface area contributed by atoms with Crippen molar-refractivity contribution in [3.05, 3.63) is 29.6 Å². The highest BCUT2D eigenvalue weighted by molar-refractivity contribution is 5.29. The zero-order chi connectivity index (χ0) is 11.4. The molecule has 1 saturated carbocycles. The number of benzene rings is 1. The predicted octanol–water partition coefficient (Wildman–Crippen LogP) is 2.48. The van der Waals surface area contributed by atoms with Gasteiger partial charge >= 0.3 is 0 Å². The zero-order valence-corrected chi connectivity index (χ0v) is 9.08. The molecule has 0 bridgehead atoms. The maximum absolute atomic E-state index is 13.2. The molecule has 0 aromatic heterocycles. The summed E-state index contributed by atoms with van der Waals surface area (Å²) in [5.41, 5.74) is 2.68. The molecule has 1 aliphatic carbocycles. The zero-order valence-electron chi connectivity index (χ0n) is 9.08. The van der Waals surface area contributed by atoms with E-state index >= 15 is 0 Å². The number of nitrogens with one attached hydrogen (secondary N) is 1. The van der Waals surface area contributed by atoms with Crippen molar-refractivity contribution in [2.24, 2.45) is 5.92 Å². The van der Waals surface area contributed by atoms with Crippen LogP contribution >= 0.6 is 0 Å². The van der Waals surface area contributed by atoms with Crippen LogP contribution in [-0.4, -0.2) is 11.8 Å². The molecular formula is C12H16FNO2. The number of hydrogen-bond acceptors (Lipinski definition) is 3. The van der Waals surface area contributed by atoms with E-state index in [-0.39, 0.29) is 12.4 Å². The second kappa shape index (κ2) is 5.27. The monoisotopic (exact) mass is 225 g/mol. The quantitative estimate of drug-likeness (QED) is 0.756. The largest absolute Gasteiger partial charge is 0.493 e. The molecule has 2 rings (SSSR count). The molecule has 1 aliphatic rings. The van der Waals surface area contributed by atoms with Crippen molar-refractivity contribution in [2.75, 3.05) is 6.61 Å². The van der Waals surface area contributed by atoms with Gasteiger partial charge in [-0.25, -0.2) is 9.87 Å². The van der Waals surface area contributed by atoms with E-state index in [0.29, 0.717) is 23.8 Å². The number of halogens is 1. The first-order valence-corrected chi connectivity index (χ1v) is 5.57. The number of hydroxylamine groups is 1. The lowest BCUT2D eigenvalue weighted by atomic mass is 9.86. The van der Waals surface area contributed by atoms with Crippen molar-refractivity contribution in [1.29, 1.82) is 0 Å². The smallest absolute Gasteiger partial charge is 0.127 e. The fraction of sp³-hybridized carbons (Fsp3) is 0.500. The molecule has 0 amide bonds. The lowest BCUT2D eigenvalue weighted by Gasteiger charge is -2.25. The Bertz CT molecular complexity index is 353. The van der Waals surface area contributed by atoms with Crippen molar-refractivity contribution >= 4 is 0 Å². The SMILES string of the molecule is ONCc1cc(F)cc(OCC2CCC2)c1. The maximum Gasteiger partial charge on any atom is 0.127 e. The van der Waals surface area contributed by atoms with Gasteiger partial charge in [-0.3, -0.25) is 0 Å². The van der Waals surface area contributed by atoms with E-state index in [4.69, 9.17) is 9.94 Å². The van der Waals surface area contributed by atoms with Gasteiger partial charge in [0.2, 0.25) is 0 Å². The first-order valence-electron chi connectivity index (χ1n) is 5.57. The Hall–Kier alpha value is -1.13. The minimum Gasteiger partial charge on any atom is -0.493 e. The van der Waals surface area contributed by atoms with Crippen LogP contribution in [0.4, 0.5) is 4.39 Å². The van der Waals surface area contributed by atoms with Crippen LogP contribution in [0.2, 0.25) is 0 Å². The highest BCUT2D eigenvalue weighted by Crippen LogP contribution is 2.27. The average molecular weight is 225 g/mol. The van der Waals surface area contributed by atoms with Crippen LogP contribution in [-0.2, 0) is 6.54 Å². The van der Waals surface area contributed by atoms with Crippen LogP contribution < -0.4 is 10.2 Å². The van der Waals surface area contributed by atoms with Gasteiger partial charge in [0.1, 0.15) is 11.6 Å². The lowest BCUT2D eigenvalue weighted by molar-refractivity contribution is 0.160. The predicted molar refractivity (Wildman–Crippen MR) is 57.9 cm³/mol. The third kappa shape index (κ3) is 2.93. The molecule has 4 heteroatoms. The molecule has 1 aromatic carbocycles. The Morgan fingerprint density at radius 3 is 2.81 bits per heavy atom. The summed E-state index contributed by atoms with van der Waals surface area (Å²) in [6.07, 6.45) is 3.69. The Balaban J connectivity index is 1.95. The van der Waals surface area contributed by atoms with Gasteiger partial charge in [-0.2, -0.15) is 0 Å². The third-order valence-electron chi connectivity index (χ3n) is 2.92. The first kappa shape index (κ1) is 11.4. The van der Waals surface area contributed by atoms with Crippen molar-refractivity contribution in [3.8, 4) is 5.75 Å². The average Bonchev–Trinajstić information content (AvgIpc) is 2.14.